The highest BCUT2D eigenvalue weighted by Crippen LogP contribution is 2.19. The third kappa shape index (κ3) is 4.90. The van der Waals surface area contributed by atoms with Crippen LogP contribution in [0.25, 0.3) is 0 Å². The van der Waals surface area contributed by atoms with Crippen LogP contribution in [0.1, 0.15) is 19.8 Å². The second-order valence-electron chi connectivity index (χ2n) is 4.98. The van der Waals surface area contributed by atoms with Gasteiger partial charge in [0.2, 0.25) is 0 Å². The van der Waals surface area contributed by atoms with Crippen molar-refractivity contribution in [3.8, 4) is 5.75 Å². The summed E-state index contributed by atoms with van der Waals surface area (Å²) in [4.78, 5) is 11.7. The summed E-state index contributed by atoms with van der Waals surface area (Å²) in [6, 6.07) is 5.51. The zero-order valence-electron chi connectivity index (χ0n) is 12.1. The standard InChI is InChI=1S/C15H21FN2O3/c1-2-7-17-15(19)18-13-10-20-8-6-14(13)21-12-5-3-4-11(16)9-12/h3-5,9,13-14H,2,6-8,10H2,1H3,(H2,17,18,19)/t13-,14+/m1/s1. The van der Waals surface area contributed by atoms with Crippen LogP contribution in [0.3, 0.4) is 0 Å². The molecule has 0 spiro atoms. The fourth-order valence-electron chi connectivity index (χ4n) is 2.17. The largest absolute Gasteiger partial charge is 0.488 e. The molecule has 5 nitrogen and oxygen atoms in total. The average Bonchev–Trinajstić information content (AvgIpc) is 2.47. The molecule has 0 saturated carbocycles. The van der Waals surface area contributed by atoms with Gasteiger partial charge in [0.25, 0.3) is 0 Å². The van der Waals surface area contributed by atoms with Crippen LogP contribution in [0, 0.1) is 5.82 Å². The second kappa shape index (κ2) is 7.83. The first-order valence-corrected chi connectivity index (χ1v) is 7.23. The molecule has 0 bridgehead atoms. The van der Waals surface area contributed by atoms with E-state index in [0.29, 0.717) is 31.9 Å². The Bertz CT molecular complexity index is 470. The Morgan fingerprint density at radius 2 is 2.38 bits per heavy atom. The van der Waals surface area contributed by atoms with E-state index in [1.165, 1.54) is 12.1 Å². The molecule has 21 heavy (non-hydrogen) atoms. The van der Waals surface area contributed by atoms with E-state index < -0.39 is 0 Å². The Morgan fingerprint density at radius 3 is 3.14 bits per heavy atom. The molecule has 1 aromatic rings. The number of benzene rings is 1. The van der Waals surface area contributed by atoms with Crippen LogP contribution in [0.5, 0.6) is 5.75 Å². The van der Waals surface area contributed by atoms with E-state index in [4.69, 9.17) is 9.47 Å². The Hall–Kier alpha value is -1.82. The minimum absolute atomic E-state index is 0.229. The van der Waals surface area contributed by atoms with Gasteiger partial charge in [0.1, 0.15) is 17.7 Å². The van der Waals surface area contributed by atoms with Gasteiger partial charge in [-0.05, 0) is 18.6 Å². The molecular weight excluding hydrogens is 275 g/mol. The van der Waals surface area contributed by atoms with Crippen molar-refractivity contribution in [1.29, 1.82) is 0 Å². The summed E-state index contributed by atoms with van der Waals surface area (Å²) >= 11 is 0. The van der Waals surface area contributed by atoms with Gasteiger partial charge in [-0.15, -0.1) is 0 Å². The molecule has 1 fully saturated rings. The molecule has 0 unspecified atom stereocenters. The number of ether oxygens (including phenoxy) is 2. The number of rotatable bonds is 5. The van der Waals surface area contributed by atoms with Gasteiger partial charge < -0.3 is 20.1 Å². The molecular formula is C15H21FN2O3. The summed E-state index contributed by atoms with van der Waals surface area (Å²) < 4.78 is 24.4. The number of urea groups is 1. The molecule has 0 aliphatic carbocycles. The van der Waals surface area contributed by atoms with Gasteiger partial charge >= 0.3 is 6.03 Å². The van der Waals surface area contributed by atoms with Gasteiger partial charge in [0, 0.05) is 19.0 Å². The molecule has 2 atom stereocenters. The van der Waals surface area contributed by atoms with E-state index in [1.807, 2.05) is 6.92 Å². The normalized spacial score (nSPS) is 21.6. The van der Waals surface area contributed by atoms with Crippen molar-refractivity contribution in [1.82, 2.24) is 10.6 Å². The number of carbonyl (C=O) groups excluding carboxylic acids is 1. The average molecular weight is 296 g/mol. The summed E-state index contributed by atoms with van der Waals surface area (Å²) in [5.41, 5.74) is 0. The smallest absolute Gasteiger partial charge is 0.315 e. The molecule has 6 heteroatoms. The van der Waals surface area contributed by atoms with Crippen LogP contribution >= 0.6 is 0 Å². The van der Waals surface area contributed by atoms with E-state index in [0.717, 1.165) is 6.42 Å². The van der Waals surface area contributed by atoms with Crippen molar-refractivity contribution in [2.24, 2.45) is 0 Å². The molecule has 1 aliphatic rings. The molecule has 1 heterocycles. The van der Waals surface area contributed by atoms with Crippen molar-refractivity contribution in [3.63, 3.8) is 0 Å². The van der Waals surface area contributed by atoms with E-state index in [9.17, 15) is 9.18 Å². The maximum atomic E-state index is 13.2. The third-order valence-electron chi connectivity index (χ3n) is 3.23. The topological polar surface area (TPSA) is 59.6 Å². The molecule has 116 valence electrons. The fourth-order valence-corrected chi connectivity index (χ4v) is 2.17. The minimum Gasteiger partial charge on any atom is -0.488 e. The lowest BCUT2D eigenvalue weighted by Crippen LogP contribution is -2.54. The van der Waals surface area contributed by atoms with Gasteiger partial charge in [-0.1, -0.05) is 13.0 Å². The Kier molecular flexibility index (Phi) is 5.80. The first kappa shape index (κ1) is 15.6. The quantitative estimate of drug-likeness (QED) is 0.874. The van der Waals surface area contributed by atoms with Crippen LogP contribution in [0.15, 0.2) is 24.3 Å². The van der Waals surface area contributed by atoms with E-state index in [1.54, 1.807) is 12.1 Å². The second-order valence-corrected chi connectivity index (χ2v) is 4.98. The van der Waals surface area contributed by atoms with Crippen LogP contribution in [-0.2, 0) is 4.74 Å². The van der Waals surface area contributed by atoms with Crippen molar-refractivity contribution in [3.05, 3.63) is 30.1 Å². The number of carbonyl (C=O) groups is 1. The van der Waals surface area contributed by atoms with Crippen molar-refractivity contribution >= 4 is 6.03 Å². The highest BCUT2D eigenvalue weighted by molar-refractivity contribution is 5.74. The van der Waals surface area contributed by atoms with Crippen LogP contribution < -0.4 is 15.4 Å². The summed E-state index contributed by atoms with van der Waals surface area (Å²) in [7, 11) is 0. The molecule has 2 N–H and O–H groups in total. The first-order chi connectivity index (χ1) is 10.2. The molecule has 1 aliphatic heterocycles. The maximum Gasteiger partial charge on any atom is 0.315 e. The van der Waals surface area contributed by atoms with Gasteiger partial charge in [-0.2, -0.15) is 0 Å². The van der Waals surface area contributed by atoms with Crippen molar-refractivity contribution in [2.45, 2.75) is 31.9 Å². The Morgan fingerprint density at radius 1 is 1.52 bits per heavy atom. The molecule has 0 aromatic heterocycles. The van der Waals surface area contributed by atoms with E-state index in [2.05, 4.69) is 10.6 Å². The lowest BCUT2D eigenvalue weighted by atomic mass is 10.1. The van der Waals surface area contributed by atoms with E-state index >= 15 is 0 Å². The molecule has 1 aromatic carbocycles. The Labute approximate surface area is 123 Å². The van der Waals surface area contributed by atoms with Crippen molar-refractivity contribution in [2.75, 3.05) is 19.8 Å². The number of hydrogen-bond acceptors (Lipinski definition) is 3. The highest BCUT2D eigenvalue weighted by atomic mass is 19.1. The van der Waals surface area contributed by atoms with Crippen LogP contribution in [0.4, 0.5) is 9.18 Å². The van der Waals surface area contributed by atoms with Gasteiger partial charge in [0.05, 0.1) is 19.3 Å². The summed E-state index contributed by atoms with van der Waals surface area (Å²) in [6.45, 7) is 3.56. The van der Waals surface area contributed by atoms with Gasteiger partial charge in [-0.25, -0.2) is 9.18 Å². The molecule has 2 amide bonds. The van der Waals surface area contributed by atoms with E-state index in [-0.39, 0.29) is 24.0 Å². The zero-order chi connectivity index (χ0) is 15.1. The SMILES string of the molecule is CCCNC(=O)N[C@@H]1COCC[C@@H]1Oc1cccc(F)c1. The van der Waals surface area contributed by atoms with Crippen molar-refractivity contribution < 1.29 is 18.7 Å². The van der Waals surface area contributed by atoms with Crippen LogP contribution in [0.2, 0.25) is 0 Å². The first-order valence-electron chi connectivity index (χ1n) is 7.23. The molecule has 0 radical (unpaired) electrons. The van der Waals surface area contributed by atoms with Gasteiger partial charge in [-0.3, -0.25) is 0 Å². The lowest BCUT2D eigenvalue weighted by molar-refractivity contribution is -0.000364. The number of nitrogens with one attached hydrogen (secondary N) is 2. The van der Waals surface area contributed by atoms with Crippen LogP contribution in [-0.4, -0.2) is 37.9 Å². The zero-order valence-corrected chi connectivity index (χ0v) is 12.1. The number of hydrogen-bond donors (Lipinski definition) is 2. The monoisotopic (exact) mass is 296 g/mol. The predicted octanol–water partition coefficient (Wildman–Crippen LogP) is 2.07. The molecule has 1 saturated heterocycles. The fraction of sp³-hybridized carbons (Fsp3) is 0.533. The number of halogens is 1. The highest BCUT2D eigenvalue weighted by Gasteiger charge is 2.29. The summed E-state index contributed by atoms with van der Waals surface area (Å²) in [5.74, 6) is 0.118. The summed E-state index contributed by atoms with van der Waals surface area (Å²) in [6.07, 6.45) is 1.29. The van der Waals surface area contributed by atoms with Gasteiger partial charge in [0.15, 0.2) is 0 Å². The lowest BCUT2D eigenvalue weighted by Gasteiger charge is -2.32. The Balaban J connectivity index is 1.93. The molecule has 2 rings (SSSR count). The number of amides is 2. The minimum atomic E-state index is -0.343. The predicted molar refractivity (Wildman–Crippen MR) is 76.9 cm³/mol. The third-order valence-corrected chi connectivity index (χ3v) is 3.23. The summed E-state index contributed by atoms with van der Waals surface area (Å²) in [5, 5.41) is 5.60. The maximum absolute atomic E-state index is 13.2.